The van der Waals surface area contributed by atoms with E-state index in [9.17, 15) is 9.18 Å². The molecule has 1 saturated heterocycles. The van der Waals surface area contributed by atoms with Crippen LogP contribution in [0.3, 0.4) is 0 Å². The van der Waals surface area contributed by atoms with Crippen molar-refractivity contribution in [3.8, 4) is 5.75 Å². The third-order valence-electron chi connectivity index (χ3n) is 3.43. The molecule has 128 valence electrons. The maximum absolute atomic E-state index is 13.4. The van der Waals surface area contributed by atoms with Crippen molar-refractivity contribution in [2.24, 2.45) is 0 Å². The zero-order chi connectivity index (χ0) is 16.5. The zero-order valence-electron chi connectivity index (χ0n) is 13.3. The van der Waals surface area contributed by atoms with Gasteiger partial charge in [-0.25, -0.2) is 4.39 Å². The van der Waals surface area contributed by atoms with Crippen LogP contribution in [0.15, 0.2) is 18.2 Å². The van der Waals surface area contributed by atoms with Gasteiger partial charge in [-0.3, -0.25) is 4.79 Å². The SMILES string of the molecule is COCCNCC(=O)Nc1cc(F)ccc1OCC1CCCO1. The van der Waals surface area contributed by atoms with Crippen LogP contribution in [0.1, 0.15) is 12.8 Å². The molecular weight excluding hydrogens is 303 g/mol. The highest BCUT2D eigenvalue weighted by Crippen LogP contribution is 2.26. The number of nitrogens with one attached hydrogen (secondary N) is 2. The molecule has 1 fully saturated rings. The monoisotopic (exact) mass is 326 g/mol. The third-order valence-corrected chi connectivity index (χ3v) is 3.43. The number of methoxy groups -OCH3 is 1. The van der Waals surface area contributed by atoms with Crippen molar-refractivity contribution >= 4 is 11.6 Å². The zero-order valence-corrected chi connectivity index (χ0v) is 13.3. The van der Waals surface area contributed by atoms with E-state index in [4.69, 9.17) is 14.2 Å². The molecule has 1 aromatic rings. The summed E-state index contributed by atoms with van der Waals surface area (Å²) in [5.74, 6) is -0.266. The summed E-state index contributed by atoms with van der Waals surface area (Å²) in [6.07, 6.45) is 2.03. The van der Waals surface area contributed by atoms with E-state index in [1.54, 1.807) is 7.11 Å². The number of halogens is 1. The largest absolute Gasteiger partial charge is 0.489 e. The molecule has 0 bridgehead atoms. The summed E-state index contributed by atoms with van der Waals surface area (Å²) in [6.45, 7) is 2.33. The molecule has 0 aliphatic carbocycles. The number of benzene rings is 1. The number of ether oxygens (including phenoxy) is 3. The smallest absolute Gasteiger partial charge is 0.238 e. The summed E-state index contributed by atoms with van der Waals surface area (Å²) < 4.78 is 29.5. The molecule has 1 aromatic carbocycles. The van der Waals surface area contributed by atoms with Crippen molar-refractivity contribution in [1.82, 2.24) is 5.32 Å². The second kappa shape index (κ2) is 9.44. The minimum Gasteiger partial charge on any atom is -0.489 e. The lowest BCUT2D eigenvalue weighted by molar-refractivity contribution is -0.115. The van der Waals surface area contributed by atoms with E-state index in [-0.39, 0.29) is 18.6 Å². The Labute approximate surface area is 135 Å². The summed E-state index contributed by atoms with van der Waals surface area (Å²) in [5.41, 5.74) is 0.321. The molecule has 0 radical (unpaired) electrons. The summed E-state index contributed by atoms with van der Waals surface area (Å²) >= 11 is 0. The van der Waals surface area contributed by atoms with Crippen LogP contribution in [0.25, 0.3) is 0 Å². The number of carbonyl (C=O) groups is 1. The minimum atomic E-state index is -0.433. The normalized spacial score (nSPS) is 17.2. The van der Waals surface area contributed by atoms with Crippen molar-refractivity contribution in [3.05, 3.63) is 24.0 Å². The summed E-state index contributed by atoms with van der Waals surface area (Å²) in [6, 6.07) is 4.06. The van der Waals surface area contributed by atoms with Crippen LogP contribution in [0.2, 0.25) is 0 Å². The van der Waals surface area contributed by atoms with Gasteiger partial charge in [-0.2, -0.15) is 0 Å². The Morgan fingerprint density at radius 3 is 3.09 bits per heavy atom. The van der Waals surface area contributed by atoms with E-state index < -0.39 is 5.82 Å². The Morgan fingerprint density at radius 2 is 2.35 bits per heavy atom. The van der Waals surface area contributed by atoms with Gasteiger partial charge in [0.25, 0.3) is 0 Å². The molecule has 2 N–H and O–H groups in total. The lowest BCUT2D eigenvalue weighted by Gasteiger charge is -2.15. The van der Waals surface area contributed by atoms with Crippen LogP contribution < -0.4 is 15.4 Å². The lowest BCUT2D eigenvalue weighted by atomic mass is 10.2. The lowest BCUT2D eigenvalue weighted by Crippen LogP contribution is -2.30. The molecule has 1 aliphatic heterocycles. The van der Waals surface area contributed by atoms with Gasteiger partial charge in [0.15, 0.2) is 0 Å². The van der Waals surface area contributed by atoms with Crippen LogP contribution in [0, 0.1) is 5.82 Å². The highest BCUT2D eigenvalue weighted by molar-refractivity contribution is 5.93. The van der Waals surface area contributed by atoms with Crippen molar-refractivity contribution in [3.63, 3.8) is 0 Å². The van der Waals surface area contributed by atoms with Crippen molar-refractivity contribution in [1.29, 1.82) is 0 Å². The van der Waals surface area contributed by atoms with E-state index in [0.717, 1.165) is 19.4 Å². The predicted octanol–water partition coefficient (Wildman–Crippen LogP) is 1.56. The van der Waals surface area contributed by atoms with Crippen molar-refractivity contribution < 1.29 is 23.4 Å². The molecule has 0 spiro atoms. The van der Waals surface area contributed by atoms with Crippen LogP contribution in [-0.4, -0.2) is 52.0 Å². The Kier molecular flexibility index (Phi) is 7.25. The molecule has 0 saturated carbocycles. The van der Waals surface area contributed by atoms with Gasteiger partial charge in [-0.1, -0.05) is 0 Å². The molecule has 2 rings (SSSR count). The van der Waals surface area contributed by atoms with E-state index in [1.807, 2.05) is 0 Å². The first-order valence-corrected chi connectivity index (χ1v) is 7.72. The molecule has 7 heteroatoms. The Balaban J connectivity index is 1.87. The predicted molar refractivity (Wildman–Crippen MR) is 84.2 cm³/mol. The van der Waals surface area contributed by atoms with Crippen LogP contribution in [-0.2, 0) is 14.3 Å². The maximum atomic E-state index is 13.4. The number of hydrogen-bond donors (Lipinski definition) is 2. The second-order valence-electron chi connectivity index (χ2n) is 5.30. The molecular formula is C16H23FN2O4. The number of anilines is 1. The fourth-order valence-corrected chi connectivity index (χ4v) is 2.25. The molecule has 1 unspecified atom stereocenters. The van der Waals surface area contributed by atoms with Crippen molar-refractivity contribution in [2.75, 3.05) is 45.3 Å². The van der Waals surface area contributed by atoms with Gasteiger partial charge in [0.05, 0.1) is 24.9 Å². The number of rotatable bonds is 9. The molecule has 1 amide bonds. The average molecular weight is 326 g/mol. The van der Waals surface area contributed by atoms with E-state index in [2.05, 4.69) is 10.6 Å². The van der Waals surface area contributed by atoms with Gasteiger partial charge < -0.3 is 24.8 Å². The first-order valence-electron chi connectivity index (χ1n) is 7.72. The first-order chi connectivity index (χ1) is 11.2. The average Bonchev–Trinajstić information content (AvgIpc) is 3.04. The summed E-state index contributed by atoms with van der Waals surface area (Å²) in [5, 5.41) is 5.58. The van der Waals surface area contributed by atoms with E-state index in [0.29, 0.717) is 31.2 Å². The summed E-state index contributed by atoms with van der Waals surface area (Å²) in [7, 11) is 1.59. The highest BCUT2D eigenvalue weighted by atomic mass is 19.1. The van der Waals surface area contributed by atoms with E-state index >= 15 is 0 Å². The van der Waals surface area contributed by atoms with Crippen LogP contribution >= 0.6 is 0 Å². The Bertz CT molecular complexity index is 507. The molecule has 23 heavy (non-hydrogen) atoms. The summed E-state index contributed by atoms with van der Waals surface area (Å²) in [4.78, 5) is 11.9. The molecule has 1 heterocycles. The quantitative estimate of drug-likeness (QED) is 0.674. The maximum Gasteiger partial charge on any atom is 0.238 e. The number of amides is 1. The van der Waals surface area contributed by atoms with Gasteiger partial charge in [-0.05, 0) is 25.0 Å². The molecule has 1 aliphatic rings. The molecule has 1 atom stereocenters. The Morgan fingerprint density at radius 1 is 1.48 bits per heavy atom. The molecule has 0 aromatic heterocycles. The molecule has 6 nitrogen and oxygen atoms in total. The third kappa shape index (κ3) is 6.13. The van der Waals surface area contributed by atoms with Crippen molar-refractivity contribution in [2.45, 2.75) is 18.9 Å². The second-order valence-corrected chi connectivity index (χ2v) is 5.30. The minimum absolute atomic E-state index is 0.0549. The van der Waals surface area contributed by atoms with Crippen LogP contribution in [0.4, 0.5) is 10.1 Å². The number of carbonyl (C=O) groups excluding carboxylic acids is 1. The van der Waals surface area contributed by atoms with Gasteiger partial charge >= 0.3 is 0 Å². The van der Waals surface area contributed by atoms with Gasteiger partial charge in [0.2, 0.25) is 5.91 Å². The fourth-order valence-electron chi connectivity index (χ4n) is 2.25. The van der Waals surface area contributed by atoms with Gasteiger partial charge in [0.1, 0.15) is 18.2 Å². The van der Waals surface area contributed by atoms with Gasteiger partial charge in [0, 0.05) is 26.3 Å². The standard InChI is InChI=1S/C16H23FN2O4/c1-21-8-6-18-10-16(20)19-14-9-12(17)4-5-15(14)23-11-13-3-2-7-22-13/h4-5,9,13,18H,2-3,6-8,10-11H2,1H3,(H,19,20). The first kappa shape index (κ1) is 17.7. The van der Waals surface area contributed by atoms with Gasteiger partial charge in [-0.15, -0.1) is 0 Å². The highest BCUT2D eigenvalue weighted by Gasteiger charge is 2.17. The van der Waals surface area contributed by atoms with Crippen LogP contribution in [0.5, 0.6) is 5.75 Å². The fraction of sp³-hybridized carbons (Fsp3) is 0.562. The number of hydrogen-bond acceptors (Lipinski definition) is 5. The van der Waals surface area contributed by atoms with E-state index in [1.165, 1.54) is 18.2 Å². The topological polar surface area (TPSA) is 68.8 Å². The Hall–Kier alpha value is -1.70.